The van der Waals surface area contributed by atoms with E-state index in [4.69, 9.17) is 9.47 Å². The van der Waals surface area contributed by atoms with E-state index >= 15 is 0 Å². The molecule has 0 aromatic heterocycles. The molecule has 0 saturated heterocycles. The Hall–Kier alpha value is -3.09. The van der Waals surface area contributed by atoms with Crippen molar-refractivity contribution in [2.45, 2.75) is 53.0 Å². The average Bonchev–Trinajstić information content (AvgIpc) is 2.75. The summed E-state index contributed by atoms with van der Waals surface area (Å²) in [5.41, 5.74) is 3.01. The topological polar surface area (TPSA) is 88.4 Å². The summed E-state index contributed by atoms with van der Waals surface area (Å²) < 4.78 is 10.6. The van der Waals surface area contributed by atoms with Crippen molar-refractivity contribution in [1.29, 1.82) is 0 Å². The molecule has 0 aliphatic rings. The Bertz CT molecular complexity index is 932. The van der Waals surface area contributed by atoms with Crippen molar-refractivity contribution in [3.05, 3.63) is 58.0 Å². The van der Waals surface area contributed by atoms with Crippen LogP contribution in [-0.4, -0.2) is 37.4 Å². The van der Waals surface area contributed by atoms with Gasteiger partial charge in [0.05, 0.1) is 6.61 Å². The van der Waals surface area contributed by atoms with Gasteiger partial charge in [-0.15, -0.1) is 0 Å². The molecule has 1 atom stereocenters. The number of phenols is 1. The van der Waals surface area contributed by atoms with E-state index in [0.29, 0.717) is 5.75 Å². The van der Waals surface area contributed by atoms with Gasteiger partial charge in [-0.3, -0.25) is 0 Å². The Morgan fingerprint density at radius 1 is 1.09 bits per heavy atom. The molecule has 0 radical (unpaired) electrons. The van der Waals surface area contributed by atoms with Crippen LogP contribution in [0.25, 0.3) is 0 Å². The van der Waals surface area contributed by atoms with Crippen molar-refractivity contribution in [1.82, 2.24) is 0 Å². The van der Waals surface area contributed by atoms with Gasteiger partial charge in [0.2, 0.25) is 0 Å². The molecule has 0 bridgehead atoms. The highest BCUT2D eigenvalue weighted by molar-refractivity contribution is 5.92. The minimum absolute atomic E-state index is 0.00981. The standard InChI is InChI=1S/C25H34N2O5/c1-7-27(8-2)22-13-10-17(14-20(22)25(4,5)6)21(26-30)16-32-18-11-12-19(23(28)15-18)24(29)31-9-3/h10-15,21,28H,7-9,16H2,1-6H3. The van der Waals surface area contributed by atoms with Gasteiger partial charge in [0.25, 0.3) is 0 Å². The first-order valence-electron chi connectivity index (χ1n) is 11.0. The quantitative estimate of drug-likeness (QED) is 0.381. The number of benzene rings is 2. The SMILES string of the molecule is CCOC(=O)c1ccc(OCC(N=O)c2ccc(N(CC)CC)c(C(C)(C)C)c2)cc1O. The summed E-state index contributed by atoms with van der Waals surface area (Å²) in [7, 11) is 0. The van der Waals surface area contributed by atoms with Crippen LogP contribution in [0.15, 0.2) is 41.6 Å². The molecule has 0 amide bonds. The first kappa shape index (κ1) is 25.2. The highest BCUT2D eigenvalue weighted by atomic mass is 16.5. The highest BCUT2D eigenvalue weighted by Crippen LogP contribution is 2.35. The van der Waals surface area contributed by atoms with E-state index in [0.717, 1.165) is 29.9 Å². The van der Waals surface area contributed by atoms with Gasteiger partial charge in [0.1, 0.15) is 23.7 Å². The second-order valence-electron chi connectivity index (χ2n) is 8.53. The molecule has 1 N–H and O–H groups in total. The Balaban J connectivity index is 2.25. The maximum atomic E-state index is 11.8. The Morgan fingerprint density at radius 2 is 1.78 bits per heavy atom. The average molecular weight is 443 g/mol. The zero-order valence-corrected chi connectivity index (χ0v) is 19.8. The molecule has 0 saturated carbocycles. The number of hydrogen-bond acceptors (Lipinski definition) is 7. The predicted molar refractivity (Wildman–Crippen MR) is 127 cm³/mol. The number of esters is 1. The van der Waals surface area contributed by atoms with E-state index in [1.165, 1.54) is 12.1 Å². The molecule has 2 aromatic carbocycles. The van der Waals surface area contributed by atoms with Crippen LogP contribution in [0.1, 0.15) is 69.1 Å². The lowest BCUT2D eigenvalue weighted by Crippen LogP contribution is -2.26. The van der Waals surface area contributed by atoms with Gasteiger partial charge in [-0.1, -0.05) is 38.1 Å². The molecule has 2 aromatic rings. The number of carbonyl (C=O) groups is 1. The minimum atomic E-state index is -0.714. The molecule has 32 heavy (non-hydrogen) atoms. The van der Waals surface area contributed by atoms with Crippen LogP contribution < -0.4 is 9.64 Å². The molecule has 7 heteroatoms. The van der Waals surface area contributed by atoms with E-state index in [2.05, 4.69) is 44.7 Å². The number of nitrogens with zero attached hydrogens (tertiary/aromatic N) is 2. The van der Waals surface area contributed by atoms with E-state index in [-0.39, 0.29) is 29.9 Å². The van der Waals surface area contributed by atoms with Gasteiger partial charge in [-0.25, -0.2) is 4.79 Å². The molecule has 0 aliphatic carbocycles. The van der Waals surface area contributed by atoms with Gasteiger partial charge in [0, 0.05) is 24.8 Å². The maximum Gasteiger partial charge on any atom is 0.341 e. The predicted octanol–water partition coefficient (Wildman–Crippen LogP) is 5.60. The zero-order valence-electron chi connectivity index (χ0n) is 19.8. The molecule has 174 valence electrons. The minimum Gasteiger partial charge on any atom is -0.507 e. The van der Waals surface area contributed by atoms with Crippen LogP contribution in [0.2, 0.25) is 0 Å². The third-order valence-corrected chi connectivity index (χ3v) is 5.32. The van der Waals surface area contributed by atoms with Crippen molar-refractivity contribution >= 4 is 11.7 Å². The molecule has 0 aliphatic heterocycles. The first-order valence-corrected chi connectivity index (χ1v) is 11.0. The smallest absolute Gasteiger partial charge is 0.341 e. The number of hydrogen-bond donors (Lipinski definition) is 1. The van der Waals surface area contributed by atoms with E-state index in [9.17, 15) is 14.8 Å². The van der Waals surface area contributed by atoms with Crippen LogP contribution in [0.4, 0.5) is 5.69 Å². The highest BCUT2D eigenvalue weighted by Gasteiger charge is 2.24. The molecule has 0 fully saturated rings. The third-order valence-electron chi connectivity index (χ3n) is 5.32. The summed E-state index contributed by atoms with van der Waals surface area (Å²) in [6.07, 6.45) is 0. The normalized spacial score (nSPS) is 12.2. The van der Waals surface area contributed by atoms with E-state index < -0.39 is 12.0 Å². The second-order valence-corrected chi connectivity index (χ2v) is 8.53. The van der Waals surface area contributed by atoms with Gasteiger partial charge >= 0.3 is 5.97 Å². The van der Waals surface area contributed by atoms with Crippen LogP contribution in [0.5, 0.6) is 11.5 Å². The van der Waals surface area contributed by atoms with Crippen LogP contribution >= 0.6 is 0 Å². The molecule has 0 heterocycles. The number of carbonyl (C=O) groups excluding carboxylic acids is 1. The lowest BCUT2D eigenvalue weighted by molar-refractivity contribution is 0.0523. The lowest BCUT2D eigenvalue weighted by atomic mass is 9.83. The Kier molecular flexibility index (Phi) is 8.63. The summed E-state index contributed by atoms with van der Waals surface area (Å²) >= 11 is 0. The summed E-state index contributed by atoms with van der Waals surface area (Å²) in [4.78, 5) is 25.8. The Labute approximate surface area is 190 Å². The maximum absolute atomic E-state index is 11.8. The van der Waals surface area contributed by atoms with Crippen LogP contribution in [-0.2, 0) is 10.2 Å². The van der Waals surface area contributed by atoms with Crippen molar-refractivity contribution < 1.29 is 19.4 Å². The van der Waals surface area contributed by atoms with Gasteiger partial charge < -0.3 is 19.5 Å². The van der Waals surface area contributed by atoms with E-state index in [1.807, 2.05) is 18.2 Å². The molecular formula is C25H34N2O5. The molecular weight excluding hydrogens is 408 g/mol. The fourth-order valence-corrected chi connectivity index (χ4v) is 3.55. The zero-order chi connectivity index (χ0) is 23.9. The van der Waals surface area contributed by atoms with Gasteiger partial charge in [-0.2, -0.15) is 4.91 Å². The van der Waals surface area contributed by atoms with Crippen molar-refractivity contribution in [3.8, 4) is 11.5 Å². The third kappa shape index (κ3) is 5.99. The summed E-state index contributed by atoms with van der Waals surface area (Å²) in [6, 6.07) is 9.60. The van der Waals surface area contributed by atoms with Gasteiger partial charge in [-0.05, 0) is 55.5 Å². The monoisotopic (exact) mass is 442 g/mol. The number of rotatable bonds is 10. The first-order chi connectivity index (χ1) is 15.2. The largest absolute Gasteiger partial charge is 0.507 e. The van der Waals surface area contributed by atoms with Crippen molar-refractivity contribution in [3.63, 3.8) is 0 Å². The molecule has 1 unspecified atom stereocenters. The Morgan fingerprint density at radius 3 is 2.31 bits per heavy atom. The molecule has 7 nitrogen and oxygen atoms in total. The number of anilines is 1. The van der Waals surface area contributed by atoms with Gasteiger partial charge in [0.15, 0.2) is 6.04 Å². The molecule has 2 rings (SSSR count). The van der Waals surface area contributed by atoms with Crippen LogP contribution in [0.3, 0.4) is 0 Å². The van der Waals surface area contributed by atoms with Crippen molar-refractivity contribution in [2.24, 2.45) is 5.18 Å². The number of phenolic OH excluding ortho intramolecular Hbond substituents is 1. The summed E-state index contributed by atoms with van der Waals surface area (Å²) in [5.74, 6) is -0.512. The van der Waals surface area contributed by atoms with Crippen molar-refractivity contribution in [2.75, 3.05) is 31.2 Å². The number of aromatic hydroxyl groups is 1. The molecule has 0 spiro atoms. The number of nitroso groups, excluding NO2 is 1. The fraction of sp³-hybridized carbons (Fsp3) is 0.480. The lowest BCUT2D eigenvalue weighted by Gasteiger charge is -2.31. The van der Waals surface area contributed by atoms with Crippen LogP contribution in [0, 0.1) is 4.91 Å². The van der Waals surface area contributed by atoms with E-state index in [1.54, 1.807) is 13.0 Å². The second kappa shape index (κ2) is 11.0. The fourth-order valence-electron chi connectivity index (χ4n) is 3.55. The summed E-state index contributed by atoms with van der Waals surface area (Å²) in [6.45, 7) is 14.4. The number of ether oxygens (including phenoxy) is 2. The summed E-state index contributed by atoms with van der Waals surface area (Å²) in [5, 5.41) is 13.4.